The summed E-state index contributed by atoms with van der Waals surface area (Å²) in [4.78, 5) is 17.5. The molecule has 0 aliphatic rings. The van der Waals surface area contributed by atoms with Crippen molar-refractivity contribution in [3.8, 4) is 27.4 Å². The van der Waals surface area contributed by atoms with Crippen LogP contribution in [0.2, 0.25) is 0 Å². The number of rotatable bonds is 7. The molecule has 1 heterocycles. The molecule has 0 unspecified atom stereocenters. The predicted octanol–water partition coefficient (Wildman–Crippen LogP) is 6.30. The third-order valence-electron chi connectivity index (χ3n) is 4.08. The van der Waals surface area contributed by atoms with Gasteiger partial charge in [-0.2, -0.15) is 0 Å². The number of aromatic nitrogens is 1. The van der Waals surface area contributed by atoms with Gasteiger partial charge in [0.15, 0.2) is 0 Å². The maximum Gasteiger partial charge on any atom is 0.335 e. The van der Waals surface area contributed by atoms with Crippen LogP contribution in [0, 0.1) is 0 Å². The molecule has 3 rings (SSSR count). The second-order valence-electron chi connectivity index (χ2n) is 6.22. The van der Waals surface area contributed by atoms with Gasteiger partial charge in [-0.1, -0.05) is 62.7 Å². The van der Waals surface area contributed by atoms with Crippen LogP contribution in [0.15, 0.2) is 66.9 Å². The monoisotopic (exact) mass is 377 g/mol. The third kappa shape index (κ3) is 5.14. The highest BCUT2D eigenvalue weighted by atomic mass is 32.1. The van der Waals surface area contributed by atoms with Gasteiger partial charge in [-0.3, -0.25) is 0 Å². The second-order valence-corrected chi connectivity index (χ2v) is 7.33. The number of thiazole rings is 1. The number of aryl methyl sites for hydroxylation is 1. The zero-order valence-electron chi connectivity index (χ0n) is 15.6. The van der Waals surface area contributed by atoms with Gasteiger partial charge in [0.2, 0.25) is 0 Å². The average Bonchev–Trinajstić information content (AvgIpc) is 3.16. The molecule has 0 aliphatic carbocycles. The summed E-state index contributed by atoms with van der Waals surface area (Å²) in [6, 6.07) is 16.0. The van der Waals surface area contributed by atoms with Crippen LogP contribution in [0.25, 0.3) is 21.7 Å². The van der Waals surface area contributed by atoms with Crippen LogP contribution >= 0.6 is 11.3 Å². The summed E-state index contributed by atoms with van der Waals surface area (Å²) in [6.45, 7) is 4.16. The van der Waals surface area contributed by atoms with Gasteiger partial charge >= 0.3 is 5.97 Å². The van der Waals surface area contributed by atoms with Crippen LogP contribution in [0.5, 0.6) is 5.75 Å². The van der Waals surface area contributed by atoms with Crippen molar-refractivity contribution in [1.82, 2.24) is 4.98 Å². The maximum atomic E-state index is 11.6. The van der Waals surface area contributed by atoms with Crippen molar-refractivity contribution in [3.05, 3.63) is 71.8 Å². The van der Waals surface area contributed by atoms with Crippen molar-refractivity contribution in [2.45, 2.75) is 33.1 Å². The molecule has 0 N–H and O–H groups in total. The number of hydrogen-bond donors (Lipinski definition) is 0. The standard InChI is InChI=1S/C23H23NO2S/c1-3-5-7-22(25)26-20-14-12-18(13-15-20)17-8-10-19(11-9-17)23-24-16-21(27-23)6-4-2/h5,7-16H,3-4,6H2,1-2H3/b7-5+. The van der Waals surface area contributed by atoms with E-state index in [1.54, 1.807) is 17.4 Å². The van der Waals surface area contributed by atoms with E-state index in [0.717, 1.165) is 41.0 Å². The Labute approximate surface area is 164 Å². The smallest absolute Gasteiger partial charge is 0.335 e. The van der Waals surface area contributed by atoms with Crippen LogP contribution in [0.4, 0.5) is 0 Å². The van der Waals surface area contributed by atoms with Crippen molar-refractivity contribution in [2.75, 3.05) is 0 Å². The van der Waals surface area contributed by atoms with Crippen LogP contribution in [0.3, 0.4) is 0 Å². The highest BCUT2D eigenvalue weighted by Gasteiger charge is 2.06. The fourth-order valence-corrected chi connectivity index (χ4v) is 3.71. The van der Waals surface area contributed by atoms with Gasteiger partial charge < -0.3 is 4.74 Å². The van der Waals surface area contributed by atoms with E-state index in [1.165, 1.54) is 11.0 Å². The Hall–Kier alpha value is -2.72. The number of esters is 1. The first kappa shape index (κ1) is 19.1. The lowest BCUT2D eigenvalue weighted by Crippen LogP contribution is -2.03. The molecule has 138 valence electrons. The van der Waals surface area contributed by atoms with Crippen LogP contribution < -0.4 is 4.74 Å². The lowest BCUT2D eigenvalue weighted by atomic mass is 10.0. The van der Waals surface area contributed by atoms with Gasteiger partial charge in [0.1, 0.15) is 10.8 Å². The van der Waals surface area contributed by atoms with E-state index in [1.807, 2.05) is 37.4 Å². The Morgan fingerprint density at radius 1 is 1.00 bits per heavy atom. The molecule has 4 heteroatoms. The van der Waals surface area contributed by atoms with E-state index in [-0.39, 0.29) is 5.97 Å². The average molecular weight is 378 g/mol. The zero-order chi connectivity index (χ0) is 19.1. The number of benzene rings is 2. The second kappa shape index (κ2) is 9.28. The maximum absolute atomic E-state index is 11.6. The molecule has 3 aromatic rings. The molecule has 0 spiro atoms. The highest BCUT2D eigenvalue weighted by Crippen LogP contribution is 2.29. The summed E-state index contributed by atoms with van der Waals surface area (Å²) < 4.78 is 5.27. The Morgan fingerprint density at radius 2 is 1.63 bits per heavy atom. The van der Waals surface area contributed by atoms with Gasteiger partial charge in [0.05, 0.1) is 0 Å². The minimum Gasteiger partial charge on any atom is -0.423 e. The van der Waals surface area contributed by atoms with Crippen LogP contribution in [0.1, 0.15) is 31.6 Å². The van der Waals surface area contributed by atoms with Gasteiger partial charge in [-0.15, -0.1) is 11.3 Å². The summed E-state index contributed by atoms with van der Waals surface area (Å²) in [6.07, 6.45) is 8.25. The topological polar surface area (TPSA) is 39.2 Å². The van der Waals surface area contributed by atoms with Crippen LogP contribution in [-0.2, 0) is 11.2 Å². The van der Waals surface area contributed by atoms with Crippen molar-refractivity contribution in [2.24, 2.45) is 0 Å². The quantitative estimate of drug-likeness (QED) is 0.275. The summed E-state index contributed by atoms with van der Waals surface area (Å²) in [5, 5.41) is 1.06. The first-order valence-electron chi connectivity index (χ1n) is 9.23. The molecule has 0 saturated heterocycles. The minimum absolute atomic E-state index is 0.347. The minimum atomic E-state index is -0.347. The molecule has 27 heavy (non-hydrogen) atoms. The lowest BCUT2D eigenvalue weighted by Gasteiger charge is -2.05. The number of nitrogens with zero attached hydrogens (tertiary/aromatic N) is 1. The molecule has 2 aromatic carbocycles. The predicted molar refractivity (Wildman–Crippen MR) is 112 cm³/mol. The molecular formula is C23H23NO2S. The molecule has 0 atom stereocenters. The molecule has 0 aliphatic heterocycles. The molecule has 1 aromatic heterocycles. The van der Waals surface area contributed by atoms with E-state index < -0.39 is 0 Å². The fourth-order valence-electron chi connectivity index (χ4n) is 2.69. The number of ether oxygens (including phenoxy) is 1. The highest BCUT2D eigenvalue weighted by molar-refractivity contribution is 7.15. The summed E-state index contributed by atoms with van der Waals surface area (Å²) in [5.74, 6) is 0.201. The molecule has 0 amide bonds. The summed E-state index contributed by atoms with van der Waals surface area (Å²) in [7, 11) is 0. The van der Waals surface area contributed by atoms with E-state index in [9.17, 15) is 4.79 Å². The molecule has 0 saturated carbocycles. The van der Waals surface area contributed by atoms with Crippen molar-refractivity contribution in [3.63, 3.8) is 0 Å². The molecule has 0 bridgehead atoms. The molecule has 3 nitrogen and oxygen atoms in total. The molecule has 0 radical (unpaired) electrons. The summed E-state index contributed by atoms with van der Waals surface area (Å²) in [5.41, 5.74) is 3.34. The Balaban J connectivity index is 1.69. The van der Waals surface area contributed by atoms with Crippen molar-refractivity contribution in [1.29, 1.82) is 0 Å². The largest absolute Gasteiger partial charge is 0.423 e. The number of hydrogen-bond acceptors (Lipinski definition) is 4. The summed E-state index contributed by atoms with van der Waals surface area (Å²) >= 11 is 1.76. The van der Waals surface area contributed by atoms with E-state index >= 15 is 0 Å². The molecule has 0 fully saturated rings. The number of allylic oxidation sites excluding steroid dienone is 1. The normalized spacial score (nSPS) is 11.0. The van der Waals surface area contributed by atoms with Crippen molar-refractivity contribution < 1.29 is 9.53 Å². The third-order valence-corrected chi connectivity index (χ3v) is 5.18. The van der Waals surface area contributed by atoms with Gasteiger partial charge in [-0.05, 0) is 36.1 Å². The Kier molecular flexibility index (Phi) is 6.55. The zero-order valence-corrected chi connectivity index (χ0v) is 16.5. The Morgan fingerprint density at radius 3 is 2.26 bits per heavy atom. The number of carbonyl (C=O) groups is 1. The number of carbonyl (C=O) groups excluding carboxylic acids is 1. The first-order valence-corrected chi connectivity index (χ1v) is 10.0. The SMILES string of the molecule is CC/C=C/C(=O)Oc1ccc(-c2ccc(-c3ncc(CCC)s3)cc2)cc1. The van der Waals surface area contributed by atoms with E-state index in [0.29, 0.717) is 5.75 Å². The first-order chi connectivity index (χ1) is 13.2. The van der Waals surface area contributed by atoms with E-state index in [4.69, 9.17) is 4.74 Å². The molecular weight excluding hydrogens is 354 g/mol. The van der Waals surface area contributed by atoms with Gasteiger partial charge in [0.25, 0.3) is 0 Å². The lowest BCUT2D eigenvalue weighted by molar-refractivity contribution is -0.129. The Bertz CT molecular complexity index is 908. The van der Waals surface area contributed by atoms with Gasteiger partial charge in [-0.25, -0.2) is 9.78 Å². The van der Waals surface area contributed by atoms with Gasteiger partial charge in [0, 0.05) is 22.7 Å². The van der Waals surface area contributed by atoms with Crippen molar-refractivity contribution >= 4 is 17.3 Å². The fraction of sp³-hybridized carbons (Fsp3) is 0.217. The van der Waals surface area contributed by atoms with E-state index in [2.05, 4.69) is 36.2 Å². The van der Waals surface area contributed by atoms with Crippen LogP contribution in [-0.4, -0.2) is 11.0 Å².